The summed E-state index contributed by atoms with van der Waals surface area (Å²) >= 11 is 0. The van der Waals surface area contributed by atoms with Crippen LogP contribution in [0, 0.1) is 0 Å². The summed E-state index contributed by atoms with van der Waals surface area (Å²) in [5.74, 6) is 1.98. The fourth-order valence-electron chi connectivity index (χ4n) is 3.24. The zero-order valence-electron chi connectivity index (χ0n) is 14.6. The first-order chi connectivity index (χ1) is 12.2. The number of pyridine rings is 1. The Morgan fingerprint density at radius 3 is 3.00 bits per heavy atom. The molecule has 4 rings (SSSR count). The molecule has 3 heterocycles. The molecule has 0 saturated carbocycles. The summed E-state index contributed by atoms with van der Waals surface area (Å²) in [7, 11) is 0. The molecule has 1 aromatic carbocycles. The molecule has 0 radical (unpaired) electrons. The molecule has 6 nitrogen and oxygen atoms in total. The summed E-state index contributed by atoms with van der Waals surface area (Å²) in [6.45, 7) is 7.45. The summed E-state index contributed by atoms with van der Waals surface area (Å²) in [6, 6.07) is 10.5. The van der Waals surface area contributed by atoms with Crippen LogP contribution in [-0.2, 0) is 11.3 Å². The van der Waals surface area contributed by atoms with Crippen molar-refractivity contribution in [3.63, 3.8) is 0 Å². The smallest absolute Gasteiger partial charge is 0.155 e. The number of fused-ring (bicyclic) bond motifs is 1. The molecule has 1 unspecified atom stereocenters. The van der Waals surface area contributed by atoms with E-state index in [0.29, 0.717) is 12.5 Å². The van der Waals surface area contributed by atoms with E-state index < -0.39 is 0 Å². The highest BCUT2D eigenvalue weighted by atomic mass is 16.5. The molecular formula is C19H23N5O. The average Bonchev–Trinajstić information content (AvgIpc) is 3.13. The van der Waals surface area contributed by atoms with Gasteiger partial charge in [0, 0.05) is 37.1 Å². The Morgan fingerprint density at radius 2 is 2.16 bits per heavy atom. The van der Waals surface area contributed by atoms with Crippen molar-refractivity contribution in [2.45, 2.75) is 32.4 Å². The number of H-pyrrole nitrogens is 1. The molecule has 2 aromatic heterocycles. The van der Waals surface area contributed by atoms with Gasteiger partial charge in [-0.2, -0.15) is 5.10 Å². The van der Waals surface area contributed by atoms with Gasteiger partial charge in [-0.1, -0.05) is 38.1 Å². The van der Waals surface area contributed by atoms with Gasteiger partial charge in [0.15, 0.2) is 11.6 Å². The van der Waals surface area contributed by atoms with E-state index in [1.807, 2.05) is 12.3 Å². The van der Waals surface area contributed by atoms with Crippen LogP contribution in [0.5, 0.6) is 0 Å². The molecule has 0 aliphatic carbocycles. The van der Waals surface area contributed by atoms with Crippen LogP contribution in [0.3, 0.4) is 0 Å². The van der Waals surface area contributed by atoms with Crippen molar-refractivity contribution in [2.24, 2.45) is 0 Å². The molecule has 6 heteroatoms. The zero-order valence-corrected chi connectivity index (χ0v) is 14.6. The Kier molecular flexibility index (Phi) is 4.46. The summed E-state index contributed by atoms with van der Waals surface area (Å²) < 4.78 is 5.92. The monoisotopic (exact) mass is 337 g/mol. The molecule has 0 bridgehead atoms. The van der Waals surface area contributed by atoms with Gasteiger partial charge < -0.3 is 4.74 Å². The number of nitrogens with zero attached hydrogens (tertiary/aromatic N) is 4. The van der Waals surface area contributed by atoms with Crippen LogP contribution in [0.15, 0.2) is 36.5 Å². The Bertz CT molecular complexity index is 854. The van der Waals surface area contributed by atoms with Crippen molar-refractivity contribution >= 4 is 10.9 Å². The number of aromatic nitrogens is 4. The molecule has 1 saturated heterocycles. The molecule has 1 fully saturated rings. The SMILES string of the molecule is CC(C)c1n[nH]c(C2CN(Cc3cccc4cccnc34)CCO2)n1. The van der Waals surface area contributed by atoms with Gasteiger partial charge in [-0.3, -0.25) is 15.0 Å². The Labute approximate surface area is 147 Å². The Hall–Kier alpha value is -2.31. The lowest BCUT2D eigenvalue weighted by molar-refractivity contribution is -0.0369. The van der Waals surface area contributed by atoms with E-state index in [-0.39, 0.29) is 6.10 Å². The fraction of sp³-hybridized carbons (Fsp3) is 0.421. The van der Waals surface area contributed by atoms with E-state index in [2.05, 4.69) is 63.2 Å². The second-order valence-electron chi connectivity index (χ2n) is 6.82. The van der Waals surface area contributed by atoms with Crippen molar-refractivity contribution in [2.75, 3.05) is 19.7 Å². The van der Waals surface area contributed by atoms with Crippen molar-refractivity contribution in [1.82, 2.24) is 25.1 Å². The molecule has 1 N–H and O–H groups in total. The van der Waals surface area contributed by atoms with Gasteiger partial charge in [-0.05, 0) is 11.6 Å². The number of ether oxygens (including phenoxy) is 1. The lowest BCUT2D eigenvalue weighted by Gasteiger charge is -2.32. The van der Waals surface area contributed by atoms with Crippen LogP contribution >= 0.6 is 0 Å². The van der Waals surface area contributed by atoms with E-state index in [0.717, 1.165) is 36.8 Å². The largest absolute Gasteiger partial charge is 0.368 e. The number of aromatic amines is 1. The quantitative estimate of drug-likeness (QED) is 0.792. The van der Waals surface area contributed by atoms with Gasteiger partial charge in [0.2, 0.25) is 0 Å². The van der Waals surface area contributed by atoms with Crippen molar-refractivity contribution < 1.29 is 4.74 Å². The summed E-state index contributed by atoms with van der Waals surface area (Å²) in [5.41, 5.74) is 2.33. The van der Waals surface area contributed by atoms with Crippen LogP contribution < -0.4 is 0 Å². The minimum absolute atomic E-state index is 0.0586. The fourth-order valence-corrected chi connectivity index (χ4v) is 3.24. The maximum atomic E-state index is 5.92. The van der Waals surface area contributed by atoms with Gasteiger partial charge >= 0.3 is 0 Å². The first-order valence-electron chi connectivity index (χ1n) is 8.79. The van der Waals surface area contributed by atoms with Gasteiger partial charge in [0.1, 0.15) is 6.10 Å². The van der Waals surface area contributed by atoms with Crippen molar-refractivity contribution in [3.8, 4) is 0 Å². The third-order valence-corrected chi connectivity index (χ3v) is 4.60. The van der Waals surface area contributed by atoms with Crippen LogP contribution in [0.2, 0.25) is 0 Å². The predicted molar refractivity (Wildman–Crippen MR) is 96.2 cm³/mol. The first-order valence-corrected chi connectivity index (χ1v) is 8.79. The maximum Gasteiger partial charge on any atom is 0.155 e. The molecule has 1 aliphatic heterocycles. The lowest BCUT2D eigenvalue weighted by Crippen LogP contribution is -2.38. The van der Waals surface area contributed by atoms with Gasteiger partial charge in [-0.15, -0.1) is 0 Å². The summed E-state index contributed by atoms with van der Waals surface area (Å²) in [6.07, 6.45) is 1.80. The molecule has 1 aliphatic rings. The van der Waals surface area contributed by atoms with Crippen LogP contribution in [0.4, 0.5) is 0 Å². The number of benzene rings is 1. The Balaban J connectivity index is 1.51. The summed E-state index contributed by atoms with van der Waals surface area (Å²) in [5, 5.41) is 8.52. The zero-order chi connectivity index (χ0) is 17.2. The molecule has 130 valence electrons. The minimum Gasteiger partial charge on any atom is -0.368 e. The van der Waals surface area contributed by atoms with E-state index >= 15 is 0 Å². The Morgan fingerprint density at radius 1 is 1.28 bits per heavy atom. The highest BCUT2D eigenvalue weighted by Crippen LogP contribution is 2.24. The number of nitrogens with one attached hydrogen (secondary N) is 1. The number of rotatable bonds is 4. The molecule has 0 amide bonds. The van der Waals surface area contributed by atoms with Crippen LogP contribution in [-0.4, -0.2) is 44.8 Å². The van der Waals surface area contributed by atoms with E-state index in [1.54, 1.807) is 0 Å². The van der Waals surface area contributed by atoms with Gasteiger partial charge in [0.25, 0.3) is 0 Å². The van der Waals surface area contributed by atoms with E-state index in [9.17, 15) is 0 Å². The van der Waals surface area contributed by atoms with E-state index in [1.165, 1.54) is 10.9 Å². The second kappa shape index (κ2) is 6.90. The normalized spacial score (nSPS) is 18.9. The first kappa shape index (κ1) is 16.2. The van der Waals surface area contributed by atoms with Crippen molar-refractivity contribution in [3.05, 3.63) is 53.7 Å². The number of para-hydroxylation sites is 1. The second-order valence-corrected chi connectivity index (χ2v) is 6.82. The number of hydrogen-bond donors (Lipinski definition) is 1. The number of morpholine rings is 1. The molecule has 25 heavy (non-hydrogen) atoms. The third-order valence-electron chi connectivity index (χ3n) is 4.60. The molecule has 3 aromatic rings. The molecular weight excluding hydrogens is 314 g/mol. The number of hydrogen-bond acceptors (Lipinski definition) is 5. The van der Waals surface area contributed by atoms with Crippen molar-refractivity contribution in [1.29, 1.82) is 0 Å². The topological polar surface area (TPSA) is 66.9 Å². The summed E-state index contributed by atoms with van der Waals surface area (Å²) in [4.78, 5) is 11.6. The van der Waals surface area contributed by atoms with E-state index in [4.69, 9.17) is 4.74 Å². The average molecular weight is 337 g/mol. The van der Waals surface area contributed by atoms with Gasteiger partial charge in [-0.25, -0.2) is 4.98 Å². The maximum absolute atomic E-state index is 5.92. The van der Waals surface area contributed by atoms with Crippen LogP contribution in [0.25, 0.3) is 10.9 Å². The lowest BCUT2D eigenvalue weighted by atomic mass is 10.1. The predicted octanol–water partition coefficient (Wildman–Crippen LogP) is 3.05. The van der Waals surface area contributed by atoms with Gasteiger partial charge in [0.05, 0.1) is 12.1 Å². The molecule has 1 atom stereocenters. The standard InChI is InChI=1S/C19H23N5O/c1-13(2)18-21-19(23-22-18)16-12-24(9-10-25-16)11-15-6-3-5-14-7-4-8-20-17(14)15/h3-8,13,16H,9-12H2,1-2H3,(H,21,22,23). The highest BCUT2D eigenvalue weighted by Gasteiger charge is 2.25. The molecule has 0 spiro atoms. The van der Waals surface area contributed by atoms with Crippen LogP contribution in [0.1, 0.15) is 43.1 Å². The third kappa shape index (κ3) is 3.41. The highest BCUT2D eigenvalue weighted by molar-refractivity contribution is 5.81. The minimum atomic E-state index is -0.0586.